The predicted molar refractivity (Wildman–Crippen MR) is 97.8 cm³/mol. The Bertz CT molecular complexity index is 692. The molecule has 1 aromatic heterocycles. The van der Waals surface area contributed by atoms with Crippen molar-refractivity contribution in [1.29, 1.82) is 0 Å². The largest absolute Gasteiger partial charge is 0.153 e. The predicted octanol–water partition coefficient (Wildman–Crippen LogP) is 4.39. The van der Waals surface area contributed by atoms with Crippen molar-refractivity contribution >= 4 is 40.7 Å². The zero-order valence-corrected chi connectivity index (χ0v) is 14.5. The number of benzene rings is 2. The van der Waals surface area contributed by atoms with Crippen LogP contribution in [0.15, 0.2) is 72.1 Å². The summed E-state index contributed by atoms with van der Waals surface area (Å²) < 4.78 is 1.45. The quantitative estimate of drug-likeness (QED) is 0.492. The van der Waals surface area contributed by atoms with Gasteiger partial charge in [0.1, 0.15) is 8.07 Å². The molecular formula is C18H17ClSSi. The Morgan fingerprint density at radius 2 is 1.52 bits per heavy atom. The summed E-state index contributed by atoms with van der Waals surface area (Å²) in [5.41, 5.74) is 3.24. The van der Waals surface area contributed by atoms with Crippen molar-refractivity contribution < 1.29 is 0 Å². The molecular weight excluding hydrogens is 312 g/mol. The highest BCUT2D eigenvalue weighted by Gasteiger charge is 2.31. The SMILES string of the molecule is C[Si](CCl)(c1ccc(-c2ccccc2)cc1)c1cccs1. The molecule has 3 aromatic rings. The van der Waals surface area contributed by atoms with E-state index in [1.54, 1.807) is 0 Å². The molecule has 0 aliphatic heterocycles. The maximum atomic E-state index is 6.36. The van der Waals surface area contributed by atoms with Gasteiger partial charge in [-0.25, -0.2) is 0 Å². The van der Waals surface area contributed by atoms with E-state index in [-0.39, 0.29) is 0 Å². The van der Waals surface area contributed by atoms with E-state index in [4.69, 9.17) is 11.6 Å². The van der Waals surface area contributed by atoms with Gasteiger partial charge in [0.15, 0.2) is 0 Å². The topological polar surface area (TPSA) is 0 Å². The van der Waals surface area contributed by atoms with Gasteiger partial charge >= 0.3 is 0 Å². The van der Waals surface area contributed by atoms with E-state index in [9.17, 15) is 0 Å². The molecule has 0 saturated heterocycles. The highest BCUT2D eigenvalue weighted by molar-refractivity contribution is 7.29. The van der Waals surface area contributed by atoms with Crippen LogP contribution in [-0.2, 0) is 0 Å². The summed E-state index contributed by atoms with van der Waals surface area (Å²) in [6.07, 6.45) is 0. The maximum absolute atomic E-state index is 6.36. The van der Waals surface area contributed by atoms with E-state index < -0.39 is 8.07 Å². The van der Waals surface area contributed by atoms with Crippen LogP contribution in [0.25, 0.3) is 11.1 Å². The van der Waals surface area contributed by atoms with Crippen molar-refractivity contribution in [3.05, 3.63) is 72.1 Å². The summed E-state index contributed by atoms with van der Waals surface area (Å²) in [5.74, 6) is 0. The Morgan fingerprint density at radius 3 is 2.10 bits per heavy atom. The van der Waals surface area contributed by atoms with Crippen molar-refractivity contribution in [3.8, 4) is 11.1 Å². The van der Waals surface area contributed by atoms with Crippen LogP contribution in [-0.4, -0.2) is 13.6 Å². The molecule has 2 aromatic carbocycles. The van der Waals surface area contributed by atoms with Gasteiger partial charge in [-0.05, 0) is 21.0 Å². The molecule has 0 radical (unpaired) electrons. The van der Waals surface area contributed by atoms with Crippen molar-refractivity contribution in [3.63, 3.8) is 0 Å². The lowest BCUT2D eigenvalue weighted by atomic mass is 10.1. The molecule has 3 heteroatoms. The number of halogens is 1. The lowest BCUT2D eigenvalue weighted by Gasteiger charge is -2.24. The third kappa shape index (κ3) is 2.84. The summed E-state index contributed by atoms with van der Waals surface area (Å²) in [4.78, 5) is 0. The molecule has 3 rings (SSSR count). The molecule has 0 amide bonds. The first-order chi connectivity index (χ1) is 10.2. The van der Waals surface area contributed by atoms with Gasteiger partial charge in [0.2, 0.25) is 0 Å². The average molecular weight is 329 g/mol. The van der Waals surface area contributed by atoms with Gasteiger partial charge in [0.25, 0.3) is 0 Å². The van der Waals surface area contributed by atoms with Crippen molar-refractivity contribution in [2.75, 3.05) is 5.50 Å². The Balaban J connectivity index is 1.97. The molecule has 0 bridgehead atoms. The number of alkyl halides is 1. The third-order valence-electron chi connectivity index (χ3n) is 3.96. The monoisotopic (exact) mass is 328 g/mol. The van der Waals surface area contributed by atoms with E-state index in [0.29, 0.717) is 0 Å². The van der Waals surface area contributed by atoms with Gasteiger partial charge in [0, 0.05) is 5.50 Å². The number of hydrogen-bond donors (Lipinski definition) is 0. The summed E-state index contributed by atoms with van der Waals surface area (Å²) in [7, 11) is -1.76. The van der Waals surface area contributed by atoms with E-state index in [0.717, 1.165) is 5.50 Å². The number of thiophene rings is 1. The minimum absolute atomic E-state index is 0.720. The maximum Gasteiger partial charge on any atom is 0.141 e. The van der Waals surface area contributed by atoms with Crippen molar-refractivity contribution in [2.24, 2.45) is 0 Å². The molecule has 0 aliphatic carbocycles. The van der Waals surface area contributed by atoms with E-state index >= 15 is 0 Å². The molecule has 1 atom stereocenters. The number of hydrogen-bond acceptors (Lipinski definition) is 1. The summed E-state index contributed by atoms with van der Waals surface area (Å²) in [6, 6.07) is 23.8. The van der Waals surface area contributed by atoms with Crippen LogP contribution >= 0.6 is 22.9 Å². The van der Waals surface area contributed by atoms with Gasteiger partial charge in [-0.1, -0.05) is 78.5 Å². The summed E-state index contributed by atoms with van der Waals surface area (Å²) in [5, 5.41) is 3.55. The van der Waals surface area contributed by atoms with Crippen LogP contribution in [0.1, 0.15) is 0 Å². The van der Waals surface area contributed by atoms with Gasteiger partial charge in [0.05, 0.1) is 0 Å². The fraction of sp³-hybridized carbons (Fsp3) is 0.111. The first-order valence-electron chi connectivity index (χ1n) is 7.00. The smallest absolute Gasteiger partial charge is 0.141 e. The Kier molecular flexibility index (Phi) is 4.29. The first-order valence-corrected chi connectivity index (χ1v) is 11.1. The average Bonchev–Trinajstić information content (AvgIpc) is 3.10. The van der Waals surface area contributed by atoms with Crippen LogP contribution in [0, 0.1) is 0 Å². The summed E-state index contributed by atoms with van der Waals surface area (Å²) >= 11 is 8.19. The van der Waals surface area contributed by atoms with Crippen LogP contribution < -0.4 is 9.69 Å². The van der Waals surface area contributed by atoms with Crippen LogP contribution in [0.3, 0.4) is 0 Å². The van der Waals surface area contributed by atoms with Crippen molar-refractivity contribution in [1.82, 2.24) is 0 Å². The molecule has 0 aliphatic rings. The molecule has 0 nitrogen and oxygen atoms in total. The van der Waals surface area contributed by atoms with Crippen LogP contribution in [0.4, 0.5) is 0 Å². The molecule has 1 heterocycles. The zero-order valence-electron chi connectivity index (χ0n) is 11.9. The second kappa shape index (κ2) is 6.18. The molecule has 0 saturated carbocycles. The molecule has 0 spiro atoms. The number of rotatable bonds is 4. The van der Waals surface area contributed by atoms with Gasteiger partial charge < -0.3 is 0 Å². The van der Waals surface area contributed by atoms with Crippen LogP contribution in [0.2, 0.25) is 6.55 Å². The Labute approximate surface area is 136 Å². The fourth-order valence-corrected chi connectivity index (χ4v) is 7.88. The lowest BCUT2D eigenvalue weighted by molar-refractivity contribution is 1.62. The molecule has 21 heavy (non-hydrogen) atoms. The Hall–Kier alpha value is -1.35. The molecule has 0 fully saturated rings. The third-order valence-corrected chi connectivity index (χ3v) is 11.3. The first kappa shape index (κ1) is 14.6. The lowest BCUT2D eigenvalue weighted by Crippen LogP contribution is -2.56. The van der Waals surface area contributed by atoms with E-state index in [2.05, 4.69) is 72.6 Å². The summed E-state index contributed by atoms with van der Waals surface area (Å²) in [6.45, 7) is 2.35. The zero-order chi connectivity index (χ0) is 14.7. The second-order valence-corrected chi connectivity index (χ2v) is 11.5. The van der Waals surface area contributed by atoms with Gasteiger partial charge in [-0.2, -0.15) is 11.3 Å². The molecule has 1 unspecified atom stereocenters. The van der Waals surface area contributed by atoms with Crippen LogP contribution in [0.5, 0.6) is 0 Å². The second-order valence-electron chi connectivity index (χ2n) is 5.39. The van der Waals surface area contributed by atoms with E-state index in [1.165, 1.54) is 20.8 Å². The van der Waals surface area contributed by atoms with E-state index in [1.807, 2.05) is 17.4 Å². The normalized spacial score (nSPS) is 13.8. The molecule has 106 valence electrons. The standard InChI is InChI=1S/C18H17ClSSi/c1-21(14-19,18-8-5-13-20-18)17-11-9-16(10-12-17)15-6-3-2-4-7-15/h2-13H,14H2,1H3. The van der Waals surface area contributed by atoms with Crippen molar-refractivity contribution in [2.45, 2.75) is 6.55 Å². The highest BCUT2D eigenvalue weighted by atomic mass is 35.5. The Morgan fingerprint density at radius 1 is 0.857 bits per heavy atom. The minimum atomic E-state index is -1.76. The van der Waals surface area contributed by atoms with Gasteiger partial charge in [-0.3, -0.25) is 0 Å². The highest BCUT2D eigenvalue weighted by Crippen LogP contribution is 2.19. The molecule has 0 N–H and O–H groups in total. The van der Waals surface area contributed by atoms with Gasteiger partial charge in [-0.15, -0.1) is 11.6 Å². The minimum Gasteiger partial charge on any atom is -0.153 e. The fourth-order valence-electron chi connectivity index (χ4n) is 2.54.